The van der Waals surface area contributed by atoms with E-state index in [2.05, 4.69) is 10.5 Å². The van der Waals surface area contributed by atoms with Crippen molar-refractivity contribution in [3.8, 4) is 11.5 Å². The summed E-state index contributed by atoms with van der Waals surface area (Å²) in [5, 5.41) is 4.64. The number of thioether (sulfide) groups is 1. The van der Waals surface area contributed by atoms with Crippen molar-refractivity contribution in [2.24, 2.45) is 5.10 Å². The van der Waals surface area contributed by atoms with E-state index < -0.39 is 0 Å². The zero-order valence-electron chi connectivity index (χ0n) is 10.0. The molecule has 0 unspecified atom stereocenters. The maximum absolute atomic E-state index is 11.0. The molecule has 0 saturated carbocycles. The van der Waals surface area contributed by atoms with Crippen molar-refractivity contribution in [2.75, 3.05) is 25.7 Å². The Morgan fingerprint density at radius 3 is 2.56 bits per heavy atom. The summed E-state index contributed by atoms with van der Waals surface area (Å²) in [6.45, 7) is 0. The van der Waals surface area contributed by atoms with Crippen molar-refractivity contribution in [3.63, 3.8) is 0 Å². The second-order valence-corrected chi connectivity index (χ2v) is 4.50. The average molecular weight is 267 g/mol. The van der Waals surface area contributed by atoms with Gasteiger partial charge in [0.2, 0.25) is 0 Å². The molecule has 0 bridgehead atoms. The average Bonchev–Trinajstić information content (AvgIpc) is 2.39. The van der Waals surface area contributed by atoms with Crippen LogP contribution < -0.4 is 20.6 Å². The van der Waals surface area contributed by atoms with Gasteiger partial charge in [-0.1, -0.05) is 11.8 Å². The summed E-state index contributed by atoms with van der Waals surface area (Å²) in [5.41, 5.74) is 9.61. The lowest BCUT2D eigenvalue weighted by atomic mass is 10.1. The van der Waals surface area contributed by atoms with Crippen LogP contribution in [0.15, 0.2) is 17.2 Å². The van der Waals surface area contributed by atoms with E-state index in [-0.39, 0.29) is 5.91 Å². The summed E-state index contributed by atoms with van der Waals surface area (Å²) in [4.78, 5) is 11.0. The maximum atomic E-state index is 11.0. The summed E-state index contributed by atoms with van der Waals surface area (Å²) in [7, 11) is 3.10. The van der Waals surface area contributed by atoms with Crippen LogP contribution in [0.2, 0.25) is 0 Å². The number of nitrogens with two attached hydrogens (primary N) is 1. The molecule has 1 aromatic rings. The molecule has 1 heterocycles. The number of carbonyl (C=O) groups excluding carboxylic acids is 1. The van der Waals surface area contributed by atoms with Crippen LogP contribution in [0.25, 0.3) is 0 Å². The number of hydrogen-bond donors (Lipinski definition) is 2. The minimum atomic E-state index is -0.122. The number of methoxy groups -OCH3 is 2. The number of nitrogen functional groups attached to an aromatic ring is 1. The fraction of sp³-hybridized carbons (Fsp3) is 0.273. The molecule has 0 spiro atoms. The summed E-state index contributed by atoms with van der Waals surface area (Å²) in [5.74, 6) is 1.33. The second kappa shape index (κ2) is 5.18. The molecule has 0 aliphatic carbocycles. The van der Waals surface area contributed by atoms with Gasteiger partial charge in [-0.3, -0.25) is 4.79 Å². The normalized spacial score (nSPS) is 14.8. The molecule has 0 atom stereocenters. The summed E-state index contributed by atoms with van der Waals surface area (Å²) in [6, 6.07) is 3.42. The van der Waals surface area contributed by atoms with Crippen molar-refractivity contribution >= 4 is 28.4 Å². The molecule has 0 saturated heterocycles. The quantitative estimate of drug-likeness (QED) is 0.791. The molecular weight excluding hydrogens is 254 g/mol. The largest absolute Gasteiger partial charge is 0.493 e. The van der Waals surface area contributed by atoms with Gasteiger partial charge in [0, 0.05) is 17.3 Å². The zero-order valence-corrected chi connectivity index (χ0v) is 10.8. The van der Waals surface area contributed by atoms with E-state index in [0.29, 0.717) is 28.0 Å². The van der Waals surface area contributed by atoms with Crippen molar-refractivity contribution in [3.05, 3.63) is 17.7 Å². The highest BCUT2D eigenvalue weighted by atomic mass is 32.2. The van der Waals surface area contributed by atoms with Crippen LogP contribution >= 0.6 is 11.8 Å². The maximum Gasteiger partial charge on any atom is 0.250 e. The highest BCUT2D eigenvalue weighted by molar-refractivity contribution is 8.15. The topological polar surface area (TPSA) is 85.9 Å². The first-order chi connectivity index (χ1) is 8.65. The minimum Gasteiger partial charge on any atom is -0.493 e. The van der Waals surface area contributed by atoms with Crippen molar-refractivity contribution in [1.82, 2.24) is 5.43 Å². The van der Waals surface area contributed by atoms with E-state index in [4.69, 9.17) is 15.2 Å². The van der Waals surface area contributed by atoms with Gasteiger partial charge in [-0.15, -0.1) is 0 Å². The fourth-order valence-corrected chi connectivity index (χ4v) is 2.30. The molecule has 0 radical (unpaired) electrons. The van der Waals surface area contributed by atoms with Crippen LogP contribution in [0, 0.1) is 0 Å². The van der Waals surface area contributed by atoms with Crippen molar-refractivity contribution in [2.45, 2.75) is 0 Å². The Balaban J connectivity index is 2.42. The highest BCUT2D eigenvalue weighted by Gasteiger charge is 2.18. The molecule has 0 aromatic heterocycles. The Morgan fingerprint density at radius 1 is 1.33 bits per heavy atom. The summed E-state index contributed by atoms with van der Waals surface area (Å²) >= 11 is 1.33. The number of benzene rings is 1. The Bertz CT molecular complexity index is 517. The number of amides is 1. The Hall–Kier alpha value is -1.89. The number of anilines is 1. The van der Waals surface area contributed by atoms with Crippen LogP contribution in [-0.2, 0) is 4.79 Å². The molecular formula is C11H13N3O3S. The number of nitrogens with zero attached hydrogens (tertiary/aromatic N) is 1. The molecule has 3 N–H and O–H groups in total. The third-order valence-electron chi connectivity index (χ3n) is 2.41. The molecule has 1 aliphatic heterocycles. The Labute approximate surface area is 109 Å². The van der Waals surface area contributed by atoms with Gasteiger partial charge < -0.3 is 15.2 Å². The Kier molecular flexibility index (Phi) is 3.61. The van der Waals surface area contributed by atoms with Crippen molar-refractivity contribution in [1.29, 1.82) is 0 Å². The van der Waals surface area contributed by atoms with Gasteiger partial charge in [0.05, 0.1) is 20.0 Å². The molecule has 96 valence electrons. The zero-order chi connectivity index (χ0) is 13.1. The minimum absolute atomic E-state index is 0.122. The monoisotopic (exact) mass is 267 g/mol. The Morgan fingerprint density at radius 2 is 2.00 bits per heavy atom. The first-order valence-electron chi connectivity index (χ1n) is 5.17. The number of ether oxygens (including phenoxy) is 2. The third-order valence-corrected chi connectivity index (χ3v) is 3.40. The highest BCUT2D eigenvalue weighted by Crippen LogP contribution is 2.34. The number of hydrazone groups is 1. The van der Waals surface area contributed by atoms with Crippen LogP contribution in [0.3, 0.4) is 0 Å². The first-order valence-corrected chi connectivity index (χ1v) is 6.15. The molecule has 1 amide bonds. The standard InChI is InChI=1S/C11H13N3O3S/c1-16-8-3-6(7(12)4-9(8)17-2)11-14-13-10(15)5-18-11/h3-4H,5,12H2,1-2H3,(H,13,15). The van der Waals surface area contributed by atoms with Gasteiger partial charge in [-0.05, 0) is 6.07 Å². The van der Waals surface area contributed by atoms with Gasteiger partial charge in [0.1, 0.15) is 5.04 Å². The van der Waals surface area contributed by atoms with Gasteiger partial charge in [0.25, 0.3) is 5.91 Å². The van der Waals surface area contributed by atoms with Crippen LogP contribution in [0.4, 0.5) is 5.69 Å². The van der Waals surface area contributed by atoms with Crippen molar-refractivity contribution < 1.29 is 14.3 Å². The SMILES string of the molecule is COc1cc(N)c(C2=NNC(=O)CS2)cc1OC. The lowest BCUT2D eigenvalue weighted by Gasteiger charge is -2.15. The van der Waals surface area contributed by atoms with E-state index in [1.54, 1.807) is 26.4 Å². The van der Waals surface area contributed by atoms with E-state index in [9.17, 15) is 4.79 Å². The number of carbonyl (C=O) groups is 1. The summed E-state index contributed by atoms with van der Waals surface area (Å²) in [6.07, 6.45) is 0. The van der Waals surface area contributed by atoms with E-state index in [0.717, 1.165) is 5.56 Å². The number of hydrogen-bond acceptors (Lipinski definition) is 6. The van der Waals surface area contributed by atoms with E-state index >= 15 is 0 Å². The van der Waals surface area contributed by atoms with Gasteiger partial charge in [-0.25, -0.2) is 5.43 Å². The van der Waals surface area contributed by atoms with E-state index in [1.807, 2.05) is 0 Å². The van der Waals surface area contributed by atoms with Gasteiger partial charge in [0.15, 0.2) is 11.5 Å². The lowest BCUT2D eigenvalue weighted by molar-refractivity contribution is -0.118. The summed E-state index contributed by atoms with van der Waals surface area (Å²) < 4.78 is 10.4. The molecule has 2 rings (SSSR count). The van der Waals surface area contributed by atoms with Crippen LogP contribution in [0.1, 0.15) is 5.56 Å². The van der Waals surface area contributed by atoms with Crippen LogP contribution in [0.5, 0.6) is 11.5 Å². The fourth-order valence-electron chi connectivity index (χ4n) is 1.53. The molecule has 7 heteroatoms. The van der Waals surface area contributed by atoms with Crippen LogP contribution in [-0.4, -0.2) is 30.9 Å². The first kappa shape index (κ1) is 12.6. The van der Waals surface area contributed by atoms with E-state index in [1.165, 1.54) is 11.8 Å². The molecule has 1 aromatic carbocycles. The van der Waals surface area contributed by atoms with Gasteiger partial charge in [-0.2, -0.15) is 5.10 Å². The molecule has 1 aliphatic rings. The predicted molar refractivity (Wildman–Crippen MR) is 71.1 cm³/mol. The number of nitrogens with one attached hydrogen (secondary N) is 1. The number of rotatable bonds is 3. The molecule has 0 fully saturated rings. The predicted octanol–water partition coefficient (Wildman–Crippen LogP) is 0.811. The lowest BCUT2D eigenvalue weighted by Crippen LogP contribution is -2.26. The third kappa shape index (κ3) is 2.35. The molecule has 18 heavy (non-hydrogen) atoms. The van der Waals surface area contributed by atoms with Gasteiger partial charge >= 0.3 is 0 Å². The second-order valence-electron chi connectivity index (χ2n) is 3.54. The smallest absolute Gasteiger partial charge is 0.250 e. The molecule has 6 nitrogen and oxygen atoms in total.